The average molecular weight is 328 g/mol. The summed E-state index contributed by atoms with van der Waals surface area (Å²) in [5.74, 6) is -3.06. The van der Waals surface area contributed by atoms with Gasteiger partial charge in [0.1, 0.15) is 17.8 Å². The summed E-state index contributed by atoms with van der Waals surface area (Å²) >= 11 is 0. The maximum Gasteiger partial charge on any atom is 0.320 e. The van der Waals surface area contributed by atoms with Crippen molar-refractivity contribution in [3.63, 3.8) is 0 Å². The van der Waals surface area contributed by atoms with E-state index in [0.29, 0.717) is 0 Å². The Bertz CT molecular complexity index is 530. The third-order valence-electron chi connectivity index (χ3n) is 2.70. The van der Waals surface area contributed by atoms with Crippen molar-refractivity contribution in [3.05, 3.63) is 29.8 Å². The first-order chi connectivity index (χ1) is 10.6. The van der Waals surface area contributed by atoms with E-state index in [1.54, 1.807) is 12.1 Å². The minimum atomic E-state index is -1.17. The Morgan fingerprint density at radius 2 is 1.39 bits per heavy atom. The molecule has 1 aromatic carbocycles. The molecule has 0 fully saturated rings. The Hall–Kier alpha value is -2.65. The fourth-order valence-corrected chi connectivity index (χ4v) is 1.38. The van der Waals surface area contributed by atoms with E-state index < -0.39 is 30.0 Å². The summed E-state index contributed by atoms with van der Waals surface area (Å²) in [6.45, 7) is 0. The SMILES string of the molecule is NC(CCC(=O)O)C(=O)O.NC(Cc1ccc(O)cc1)C(=O)O. The van der Waals surface area contributed by atoms with Crippen LogP contribution in [0.4, 0.5) is 0 Å². The molecule has 0 aromatic heterocycles. The molecule has 1 aromatic rings. The van der Waals surface area contributed by atoms with Gasteiger partial charge >= 0.3 is 17.9 Å². The molecule has 9 heteroatoms. The molecular weight excluding hydrogens is 308 g/mol. The van der Waals surface area contributed by atoms with Gasteiger partial charge in [0.25, 0.3) is 0 Å². The van der Waals surface area contributed by atoms with Gasteiger partial charge in [-0.3, -0.25) is 14.4 Å². The van der Waals surface area contributed by atoms with Crippen molar-refractivity contribution in [2.75, 3.05) is 0 Å². The number of carboxylic acids is 3. The molecule has 23 heavy (non-hydrogen) atoms. The summed E-state index contributed by atoms with van der Waals surface area (Å²) < 4.78 is 0. The van der Waals surface area contributed by atoms with Crippen LogP contribution >= 0.6 is 0 Å². The number of nitrogens with two attached hydrogens (primary N) is 2. The second-order valence-corrected chi connectivity index (χ2v) is 4.69. The molecule has 0 bridgehead atoms. The first-order valence-electron chi connectivity index (χ1n) is 6.60. The molecule has 1 rings (SSSR count). The number of rotatable bonds is 7. The molecule has 0 radical (unpaired) electrons. The van der Waals surface area contributed by atoms with Crippen LogP contribution in [0.15, 0.2) is 24.3 Å². The van der Waals surface area contributed by atoms with Gasteiger partial charge in [-0.1, -0.05) is 12.1 Å². The molecule has 0 saturated carbocycles. The highest BCUT2D eigenvalue weighted by atomic mass is 16.4. The van der Waals surface area contributed by atoms with Crippen molar-refractivity contribution in [2.24, 2.45) is 11.5 Å². The van der Waals surface area contributed by atoms with E-state index >= 15 is 0 Å². The number of carbonyl (C=O) groups is 3. The molecule has 2 unspecified atom stereocenters. The molecule has 8 N–H and O–H groups in total. The lowest BCUT2D eigenvalue weighted by molar-refractivity contribution is -0.140. The number of phenols is 1. The minimum absolute atomic E-state index is 0.0231. The first-order valence-corrected chi connectivity index (χ1v) is 6.60. The van der Waals surface area contributed by atoms with Gasteiger partial charge in [-0.2, -0.15) is 0 Å². The Kier molecular flexibility index (Phi) is 8.97. The number of hydrogen-bond acceptors (Lipinski definition) is 6. The van der Waals surface area contributed by atoms with Gasteiger partial charge in [0.15, 0.2) is 0 Å². The van der Waals surface area contributed by atoms with Crippen LogP contribution in [-0.4, -0.2) is 50.4 Å². The van der Waals surface area contributed by atoms with Crippen LogP contribution in [0, 0.1) is 0 Å². The zero-order chi connectivity index (χ0) is 18.0. The summed E-state index contributed by atoms with van der Waals surface area (Å²) in [6, 6.07) is 4.37. The van der Waals surface area contributed by atoms with E-state index in [4.69, 9.17) is 31.9 Å². The zero-order valence-electron chi connectivity index (χ0n) is 12.3. The lowest BCUT2D eigenvalue weighted by Gasteiger charge is -2.05. The maximum atomic E-state index is 10.4. The predicted octanol–water partition coefficient (Wildman–Crippen LogP) is -0.390. The van der Waals surface area contributed by atoms with Crippen LogP contribution in [0.5, 0.6) is 5.75 Å². The van der Waals surface area contributed by atoms with Gasteiger partial charge in [0.05, 0.1) is 0 Å². The smallest absolute Gasteiger partial charge is 0.320 e. The molecule has 0 aliphatic heterocycles. The summed E-state index contributed by atoms with van der Waals surface area (Å²) in [5, 5.41) is 33.7. The summed E-state index contributed by atoms with van der Waals surface area (Å²) in [5.41, 5.74) is 11.1. The quantitative estimate of drug-likeness (QED) is 0.388. The van der Waals surface area contributed by atoms with Crippen LogP contribution in [-0.2, 0) is 20.8 Å². The first kappa shape index (κ1) is 20.3. The molecule has 0 aliphatic carbocycles. The number of phenolic OH excluding ortho intramolecular Hbond substituents is 1. The van der Waals surface area contributed by atoms with Crippen LogP contribution in [0.3, 0.4) is 0 Å². The highest BCUT2D eigenvalue weighted by Gasteiger charge is 2.12. The largest absolute Gasteiger partial charge is 0.508 e. The molecular formula is C14H20N2O7. The fourth-order valence-electron chi connectivity index (χ4n) is 1.38. The lowest BCUT2D eigenvalue weighted by atomic mass is 10.1. The van der Waals surface area contributed by atoms with E-state index in [0.717, 1.165) is 5.56 Å². The molecule has 2 atom stereocenters. The Balaban J connectivity index is 0.000000438. The van der Waals surface area contributed by atoms with Crippen LogP contribution in [0.2, 0.25) is 0 Å². The van der Waals surface area contributed by atoms with E-state index in [1.165, 1.54) is 12.1 Å². The number of aromatic hydroxyl groups is 1. The van der Waals surface area contributed by atoms with E-state index in [9.17, 15) is 14.4 Å². The maximum absolute atomic E-state index is 10.4. The van der Waals surface area contributed by atoms with Crippen molar-refractivity contribution in [2.45, 2.75) is 31.3 Å². The molecule has 9 nitrogen and oxygen atoms in total. The third kappa shape index (κ3) is 9.82. The normalized spacial score (nSPS) is 12.4. The van der Waals surface area contributed by atoms with Gasteiger partial charge < -0.3 is 31.9 Å². The van der Waals surface area contributed by atoms with Gasteiger partial charge in [-0.25, -0.2) is 0 Å². The van der Waals surface area contributed by atoms with E-state index in [1.807, 2.05) is 0 Å². The van der Waals surface area contributed by atoms with Crippen LogP contribution in [0.1, 0.15) is 18.4 Å². The van der Waals surface area contributed by atoms with Gasteiger partial charge in [-0.05, 0) is 30.5 Å². The van der Waals surface area contributed by atoms with E-state index in [2.05, 4.69) is 0 Å². The van der Waals surface area contributed by atoms with Gasteiger partial charge in [0.2, 0.25) is 0 Å². The Morgan fingerprint density at radius 3 is 1.78 bits per heavy atom. The van der Waals surface area contributed by atoms with Gasteiger partial charge in [0, 0.05) is 6.42 Å². The Morgan fingerprint density at radius 1 is 0.913 bits per heavy atom. The topological polar surface area (TPSA) is 184 Å². The van der Waals surface area contributed by atoms with Crippen molar-refractivity contribution in [1.82, 2.24) is 0 Å². The second kappa shape index (κ2) is 10.1. The third-order valence-corrected chi connectivity index (χ3v) is 2.70. The molecule has 0 heterocycles. The van der Waals surface area contributed by atoms with Crippen molar-refractivity contribution in [1.29, 1.82) is 0 Å². The number of carboxylic acid groups (broad SMARTS) is 3. The lowest BCUT2D eigenvalue weighted by Crippen LogP contribution is -2.32. The van der Waals surface area contributed by atoms with E-state index in [-0.39, 0.29) is 25.0 Å². The second-order valence-electron chi connectivity index (χ2n) is 4.69. The summed E-state index contributed by atoms with van der Waals surface area (Å²) in [6.07, 6.45) is 0.0494. The van der Waals surface area contributed by atoms with Crippen molar-refractivity contribution < 1.29 is 34.8 Å². The number of aliphatic carboxylic acids is 3. The Labute approximate surface area is 132 Å². The molecule has 0 saturated heterocycles. The molecule has 0 aliphatic rings. The monoisotopic (exact) mass is 328 g/mol. The van der Waals surface area contributed by atoms with Gasteiger partial charge in [-0.15, -0.1) is 0 Å². The van der Waals surface area contributed by atoms with Crippen LogP contribution < -0.4 is 11.5 Å². The highest BCUT2D eigenvalue weighted by Crippen LogP contribution is 2.10. The summed E-state index contributed by atoms with van der Waals surface area (Å²) in [7, 11) is 0. The molecule has 0 amide bonds. The fraction of sp³-hybridized carbons (Fsp3) is 0.357. The van der Waals surface area contributed by atoms with Crippen molar-refractivity contribution in [3.8, 4) is 5.75 Å². The summed E-state index contributed by atoms with van der Waals surface area (Å²) in [4.78, 5) is 30.3. The number of hydrogen-bond donors (Lipinski definition) is 6. The standard InChI is InChI=1S/C9H11NO3.C5H9NO4/c10-8(9(12)13)5-6-1-3-7(11)4-2-6;6-3(5(9)10)1-2-4(7)8/h1-4,8,11H,5,10H2,(H,12,13);3H,1-2,6H2,(H,7,8)(H,9,10). The molecule has 128 valence electrons. The minimum Gasteiger partial charge on any atom is -0.508 e. The van der Waals surface area contributed by atoms with Crippen LogP contribution in [0.25, 0.3) is 0 Å². The molecule has 0 spiro atoms. The van der Waals surface area contributed by atoms with Crippen molar-refractivity contribution >= 4 is 17.9 Å². The zero-order valence-corrected chi connectivity index (χ0v) is 12.3. The average Bonchev–Trinajstić information content (AvgIpc) is 2.47. The highest BCUT2D eigenvalue weighted by molar-refractivity contribution is 5.74. The number of benzene rings is 1. The predicted molar refractivity (Wildman–Crippen MR) is 79.9 cm³/mol.